The Kier molecular flexibility index (Phi) is 10.2. The van der Waals surface area contributed by atoms with Crippen molar-refractivity contribution < 1.29 is 24.6 Å². The number of amides is 1. The Hall–Kier alpha value is -3.76. The van der Waals surface area contributed by atoms with Gasteiger partial charge in [0.1, 0.15) is 5.82 Å². The third kappa shape index (κ3) is 7.86. The van der Waals surface area contributed by atoms with Crippen LogP contribution >= 0.6 is 0 Å². The molecule has 0 bridgehead atoms. The van der Waals surface area contributed by atoms with Crippen molar-refractivity contribution in [3.63, 3.8) is 0 Å². The molecule has 0 spiro atoms. The topological polar surface area (TPSA) is 119 Å². The van der Waals surface area contributed by atoms with Gasteiger partial charge < -0.3 is 19.7 Å². The van der Waals surface area contributed by atoms with E-state index in [1.54, 1.807) is 0 Å². The molecule has 0 aliphatic carbocycles. The molecular weight excluding hydrogens is 474 g/mol. The first kappa shape index (κ1) is 27.8. The molecule has 1 saturated heterocycles. The lowest BCUT2D eigenvalue weighted by Gasteiger charge is -2.35. The molecule has 1 fully saturated rings. The standard InChI is InChI=1S/C25H33N5O.C2H2O4/c1-3-29(4-2)25(31)20-28-16-14-27(15-17-28)19-24-26-22-12-8-9-13-23(22)30(24)18-21-10-6-5-7-11-21;3-1(4)2(5)6/h5-13H,3-4,14-20H2,1-2H3;(H,3,4)(H,5,6). The molecule has 1 aliphatic heterocycles. The van der Waals surface area contributed by atoms with Crippen LogP contribution in [0.4, 0.5) is 0 Å². The van der Waals surface area contributed by atoms with Crippen LogP contribution in [0.15, 0.2) is 54.6 Å². The summed E-state index contributed by atoms with van der Waals surface area (Å²) in [7, 11) is 0. The van der Waals surface area contributed by atoms with E-state index in [2.05, 4.69) is 69.0 Å². The van der Waals surface area contributed by atoms with E-state index in [4.69, 9.17) is 24.8 Å². The number of likely N-dealkylation sites (N-methyl/N-ethyl adjacent to an activating group) is 1. The highest BCUT2D eigenvalue weighted by Gasteiger charge is 2.22. The number of para-hydroxylation sites is 2. The van der Waals surface area contributed by atoms with Crippen molar-refractivity contribution in [1.29, 1.82) is 0 Å². The first-order valence-corrected chi connectivity index (χ1v) is 12.5. The van der Waals surface area contributed by atoms with E-state index < -0.39 is 11.9 Å². The molecule has 10 nitrogen and oxygen atoms in total. The Labute approximate surface area is 216 Å². The Morgan fingerprint density at radius 2 is 1.38 bits per heavy atom. The number of fused-ring (bicyclic) bond motifs is 1. The van der Waals surface area contributed by atoms with Gasteiger partial charge in [0.25, 0.3) is 0 Å². The van der Waals surface area contributed by atoms with Crippen molar-refractivity contribution in [2.45, 2.75) is 26.9 Å². The fraction of sp³-hybridized carbons (Fsp3) is 0.407. The number of piperazine rings is 1. The summed E-state index contributed by atoms with van der Waals surface area (Å²) in [5.41, 5.74) is 3.52. The molecule has 2 N–H and O–H groups in total. The molecule has 198 valence electrons. The lowest BCUT2D eigenvalue weighted by Crippen LogP contribution is -2.49. The summed E-state index contributed by atoms with van der Waals surface area (Å²) in [5.74, 6) is -2.30. The Morgan fingerprint density at radius 1 is 0.811 bits per heavy atom. The normalized spacial score (nSPS) is 14.1. The first-order valence-electron chi connectivity index (χ1n) is 12.5. The van der Waals surface area contributed by atoms with E-state index in [1.807, 2.05) is 18.7 Å². The molecular formula is C27H35N5O5. The molecule has 1 amide bonds. The summed E-state index contributed by atoms with van der Waals surface area (Å²) < 4.78 is 2.35. The maximum absolute atomic E-state index is 12.4. The van der Waals surface area contributed by atoms with Crippen molar-refractivity contribution >= 4 is 28.9 Å². The van der Waals surface area contributed by atoms with Crippen molar-refractivity contribution in [2.75, 3.05) is 45.8 Å². The summed E-state index contributed by atoms with van der Waals surface area (Å²) in [5, 5.41) is 14.8. The van der Waals surface area contributed by atoms with Crippen molar-refractivity contribution in [3.05, 3.63) is 66.0 Å². The van der Waals surface area contributed by atoms with Gasteiger partial charge in [0.15, 0.2) is 0 Å². The van der Waals surface area contributed by atoms with E-state index >= 15 is 0 Å². The molecule has 2 aromatic carbocycles. The maximum atomic E-state index is 12.4. The van der Waals surface area contributed by atoms with Crippen LogP contribution in [0.5, 0.6) is 0 Å². The van der Waals surface area contributed by atoms with Gasteiger partial charge in [-0.25, -0.2) is 14.6 Å². The van der Waals surface area contributed by atoms with Gasteiger partial charge in [-0.2, -0.15) is 0 Å². The molecule has 0 atom stereocenters. The van der Waals surface area contributed by atoms with Crippen LogP contribution in [-0.4, -0.2) is 98.1 Å². The average Bonchev–Trinajstić information content (AvgIpc) is 3.23. The second-order valence-electron chi connectivity index (χ2n) is 8.82. The van der Waals surface area contributed by atoms with Crippen LogP contribution in [0.1, 0.15) is 25.2 Å². The van der Waals surface area contributed by atoms with E-state index in [0.717, 1.165) is 63.7 Å². The van der Waals surface area contributed by atoms with Crippen LogP contribution in [0.25, 0.3) is 11.0 Å². The molecule has 10 heteroatoms. The fourth-order valence-electron chi connectivity index (χ4n) is 4.36. The summed E-state index contributed by atoms with van der Waals surface area (Å²) in [6.45, 7) is 11.6. The van der Waals surface area contributed by atoms with E-state index in [0.29, 0.717) is 6.54 Å². The number of carbonyl (C=O) groups is 3. The summed E-state index contributed by atoms with van der Waals surface area (Å²) in [4.78, 5) is 42.2. The summed E-state index contributed by atoms with van der Waals surface area (Å²) >= 11 is 0. The van der Waals surface area contributed by atoms with Crippen LogP contribution in [-0.2, 0) is 27.5 Å². The first-order chi connectivity index (χ1) is 17.8. The van der Waals surface area contributed by atoms with Gasteiger partial charge in [-0.1, -0.05) is 42.5 Å². The predicted octanol–water partition coefficient (Wildman–Crippen LogP) is 2.23. The van der Waals surface area contributed by atoms with Crippen LogP contribution in [0.3, 0.4) is 0 Å². The van der Waals surface area contributed by atoms with E-state index in [9.17, 15) is 4.79 Å². The number of imidazole rings is 1. The van der Waals surface area contributed by atoms with E-state index in [1.165, 1.54) is 11.1 Å². The molecule has 3 aromatic rings. The molecule has 0 saturated carbocycles. The third-order valence-electron chi connectivity index (χ3n) is 6.41. The maximum Gasteiger partial charge on any atom is 0.414 e. The number of benzene rings is 2. The Balaban J connectivity index is 0.000000568. The van der Waals surface area contributed by atoms with Gasteiger partial charge in [0.2, 0.25) is 5.91 Å². The Morgan fingerprint density at radius 3 is 1.97 bits per heavy atom. The minimum Gasteiger partial charge on any atom is -0.473 e. The average molecular weight is 510 g/mol. The van der Waals surface area contributed by atoms with Crippen LogP contribution in [0, 0.1) is 0 Å². The molecule has 4 rings (SSSR count). The zero-order valence-corrected chi connectivity index (χ0v) is 21.4. The molecule has 1 aliphatic rings. The smallest absolute Gasteiger partial charge is 0.414 e. The number of aliphatic carboxylic acids is 2. The van der Waals surface area contributed by atoms with Crippen LogP contribution < -0.4 is 0 Å². The zero-order valence-electron chi connectivity index (χ0n) is 21.4. The monoisotopic (exact) mass is 509 g/mol. The van der Waals surface area contributed by atoms with Crippen molar-refractivity contribution in [3.8, 4) is 0 Å². The van der Waals surface area contributed by atoms with Gasteiger partial charge in [0.05, 0.1) is 24.1 Å². The van der Waals surface area contributed by atoms with Crippen LogP contribution in [0.2, 0.25) is 0 Å². The molecule has 0 radical (unpaired) electrons. The SMILES string of the molecule is CCN(CC)C(=O)CN1CCN(Cc2nc3ccccc3n2Cc2ccccc2)CC1.O=C(O)C(=O)O. The van der Waals surface area contributed by atoms with Gasteiger partial charge in [-0.15, -0.1) is 0 Å². The number of hydrogen-bond donors (Lipinski definition) is 2. The molecule has 0 unspecified atom stereocenters. The number of carboxylic acid groups (broad SMARTS) is 2. The number of nitrogens with zero attached hydrogens (tertiary/aromatic N) is 5. The van der Waals surface area contributed by atoms with Crippen molar-refractivity contribution in [2.24, 2.45) is 0 Å². The van der Waals surface area contributed by atoms with Gasteiger partial charge in [-0.3, -0.25) is 14.6 Å². The molecule has 37 heavy (non-hydrogen) atoms. The zero-order chi connectivity index (χ0) is 26.8. The quantitative estimate of drug-likeness (QED) is 0.444. The lowest BCUT2D eigenvalue weighted by molar-refractivity contribution is -0.159. The second-order valence-corrected chi connectivity index (χ2v) is 8.82. The van der Waals surface area contributed by atoms with Gasteiger partial charge in [0, 0.05) is 45.8 Å². The third-order valence-corrected chi connectivity index (χ3v) is 6.41. The predicted molar refractivity (Wildman–Crippen MR) is 140 cm³/mol. The summed E-state index contributed by atoms with van der Waals surface area (Å²) in [6, 6.07) is 19.0. The molecule has 2 heterocycles. The minimum atomic E-state index is -1.82. The second kappa shape index (κ2) is 13.5. The highest BCUT2D eigenvalue weighted by Crippen LogP contribution is 2.20. The van der Waals surface area contributed by atoms with Gasteiger partial charge >= 0.3 is 11.9 Å². The number of aromatic nitrogens is 2. The molecule has 1 aromatic heterocycles. The van der Waals surface area contributed by atoms with E-state index in [-0.39, 0.29) is 5.91 Å². The highest BCUT2D eigenvalue weighted by atomic mass is 16.4. The summed E-state index contributed by atoms with van der Waals surface area (Å²) in [6.07, 6.45) is 0. The Bertz CT molecular complexity index is 1170. The largest absolute Gasteiger partial charge is 0.473 e. The van der Waals surface area contributed by atoms with Gasteiger partial charge in [-0.05, 0) is 31.5 Å². The number of carbonyl (C=O) groups excluding carboxylic acids is 1. The lowest BCUT2D eigenvalue weighted by atomic mass is 10.2. The fourth-order valence-corrected chi connectivity index (χ4v) is 4.36. The highest BCUT2D eigenvalue weighted by molar-refractivity contribution is 6.27. The minimum absolute atomic E-state index is 0.239. The van der Waals surface area contributed by atoms with Crippen molar-refractivity contribution in [1.82, 2.24) is 24.3 Å². The number of hydrogen-bond acceptors (Lipinski definition) is 6. The number of carboxylic acids is 2. The number of rotatable bonds is 8.